The fraction of sp³-hybridized carbons (Fsp3) is 0.600. The molecular weight excluding hydrogens is 178 g/mol. The van der Waals surface area contributed by atoms with Gasteiger partial charge in [0.15, 0.2) is 6.33 Å². The Balaban J connectivity index is 2.26. The molecule has 0 bridgehead atoms. The van der Waals surface area contributed by atoms with Crippen molar-refractivity contribution in [1.82, 2.24) is 15.3 Å². The molecule has 1 aliphatic rings. The zero-order valence-corrected chi connectivity index (χ0v) is 8.50. The third-order valence-corrected chi connectivity index (χ3v) is 2.55. The van der Waals surface area contributed by atoms with Crippen LogP contribution in [0.25, 0.3) is 0 Å². The van der Waals surface area contributed by atoms with Gasteiger partial charge in [-0.25, -0.2) is 9.97 Å². The number of nitrogens with one attached hydrogen (secondary N) is 1. The van der Waals surface area contributed by atoms with E-state index in [-0.39, 0.29) is 6.10 Å². The molecule has 2 rings (SSSR count). The molecule has 1 fully saturated rings. The lowest BCUT2D eigenvalue weighted by Crippen LogP contribution is -2.34. The molecule has 1 atom stereocenters. The monoisotopic (exact) mass is 192 g/mol. The van der Waals surface area contributed by atoms with Crippen molar-refractivity contribution in [2.75, 3.05) is 19.7 Å². The molecule has 0 amide bonds. The van der Waals surface area contributed by atoms with Crippen LogP contribution in [0.2, 0.25) is 0 Å². The fourth-order valence-corrected chi connectivity index (χ4v) is 1.56. The SMILES string of the molecule is Cc1n[c]nc(C2CNCCO2)c1C. The van der Waals surface area contributed by atoms with Crippen LogP contribution >= 0.6 is 0 Å². The zero-order chi connectivity index (χ0) is 9.97. The predicted molar refractivity (Wildman–Crippen MR) is 51.9 cm³/mol. The molecule has 2 heterocycles. The Bertz CT molecular complexity index is 321. The van der Waals surface area contributed by atoms with Crippen molar-refractivity contribution in [1.29, 1.82) is 0 Å². The Kier molecular flexibility index (Phi) is 2.74. The van der Waals surface area contributed by atoms with E-state index in [2.05, 4.69) is 21.6 Å². The highest BCUT2D eigenvalue weighted by atomic mass is 16.5. The first-order valence-corrected chi connectivity index (χ1v) is 4.82. The molecule has 4 heteroatoms. The highest BCUT2D eigenvalue weighted by Gasteiger charge is 2.19. The van der Waals surface area contributed by atoms with Gasteiger partial charge in [0, 0.05) is 18.8 Å². The van der Waals surface area contributed by atoms with E-state index >= 15 is 0 Å². The molecule has 1 unspecified atom stereocenters. The summed E-state index contributed by atoms with van der Waals surface area (Å²) >= 11 is 0. The molecule has 1 saturated heterocycles. The van der Waals surface area contributed by atoms with E-state index in [0.29, 0.717) is 0 Å². The number of nitrogens with zero attached hydrogens (tertiary/aromatic N) is 2. The lowest BCUT2D eigenvalue weighted by atomic mass is 10.1. The van der Waals surface area contributed by atoms with E-state index in [4.69, 9.17) is 4.74 Å². The van der Waals surface area contributed by atoms with Gasteiger partial charge in [0.05, 0.1) is 12.3 Å². The van der Waals surface area contributed by atoms with Crippen LogP contribution < -0.4 is 5.32 Å². The maximum absolute atomic E-state index is 5.63. The molecular formula is C10H14N3O. The highest BCUT2D eigenvalue weighted by Crippen LogP contribution is 2.20. The van der Waals surface area contributed by atoms with Gasteiger partial charge >= 0.3 is 0 Å². The Morgan fingerprint density at radius 2 is 2.29 bits per heavy atom. The molecule has 0 aliphatic carbocycles. The van der Waals surface area contributed by atoms with Crippen molar-refractivity contribution >= 4 is 0 Å². The predicted octanol–water partition coefficient (Wildman–Crippen LogP) is 0.555. The van der Waals surface area contributed by atoms with Gasteiger partial charge in [-0.1, -0.05) is 0 Å². The molecule has 1 aromatic heterocycles. The third-order valence-electron chi connectivity index (χ3n) is 2.55. The van der Waals surface area contributed by atoms with Crippen molar-refractivity contribution in [3.8, 4) is 0 Å². The molecule has 4 nitrogen and oxygen atoms in total. The summed E-state index contributed by atoms with van der Waals surface area (Å²) in [6.07, 6.45) is 2.72. The van der Waals surface area contributed by atoms with Crippen LogP contribution in [0.15, 0.2) is 0 Å². The van der Waals surface area contributed by atoms with Crippen LogP contribution in [0.4, 0.5) is 0 Å². The molecule has 0 saturated carbocycles. The van der Waals surface area contributed by atoms with E-state index < -0.39 is 0 Å². The van der Waals surface area contributed by atoms with Gasteiger partial charge in [-0.2, -0.15) is 0 Å². The lowest BCUT2D eigenvalue weighted by molar-refractivity contribution is 0.0244. The highest BCUT2D eigenvalue weighted by molar-refractivity contribution is 5.23. The minimum Gasteiger partial charge on any atom is -0.369 e. The summed E-state index contributed by atoms with van der Waals surface area (Å²) < 4.78 is 5.63. The second kappa shape index (κ2) is 4.02. The zero-order valence-electron chi connectivity index (χ0n) is 8.50. The number of aryl methyl sites for hydroxylation is 1. The number of aromatic nitrogens is 2. The number of hydrogen-bond acceptors (Lipinski definition) is 4. The summed E-state index contributed by atoms with van der Waals surface area (Å²) in [6, 6.07) is 0. The first kappa shape index (κ1) is 9.55. The van der Waals surface area contributed by atoms with Crippen LogP contribution in [-0.4, -0.2) is 29.7 Å². The van der Waals surface area contributed by atoms with Crippen molar-refractivity contribution in [3.05, 3.63) is 23.3 Å². The summed E-state index contributed by atoms with van der Waals surface area (Å²) in [7, 11) is 0. The molecule has 0 spiro atoms. The van der Waals surface area contributed by atoms with Gasteiger partial charge < -0.3 is 10.1 Å². The first-order chi connectivity index (χ1) is 6.79. The number of ether oxygens (including phenoxy) is 1. The molecule has 75 valence electrons. The number of hydrogen-bond donors (Lipinski definition) is 1. The van der Waals surface area contributed by atoms with Crippen LogP contribution in [0, 0.1) is 20.2 Å². The lowest BCUT2D eigenvalue weighted by Gasteiger charge is -2.24. The van der Waals surface area contributed by atoms with Crippen molar-refractivity contribution < 1.29 is 4.74 Å². The van der Waals surface area contributed by atoms with Crippen LogP contribution in [0.3, 0.4) is 0 Å². The second-order valence-corrected chi connectivity index (χ2v) is 3.48. The largest absolute Gasteiger partial charge is 0.369 e. The molecule has 1 aliphatic heterocycles. The molecule has 14 heavy (non-hydrogen) atoms. The van der Waals surface area contributed by atoms with E-state index in [1.54, 1.807) is 0 Å². The molecule has 1 N–H and O–H groups in total. The third kappa shape index (κ3) is 1.76. The fourth-order valence-electron chi connectivity index (χ4n) is 1.56. The van der Waals surface area contributed by atoms with E-state index in [9.17, 15) is 0 Å². The summed E-state index contributed by atoms with van der Waals surface area (Å²) in [5, 5.41) is 3.28. The van der Waals surface area contributed by atoms with Crippen molar-refractivity contribution in [3.63, 3.8) is 0 Å². The van der Waals surface area contributed by atoms with Crippen molar-refractivity contribution in [2.45, 2.75) is 20.0 Å². The summed E-state index contributed by atoms with van der Waals surface area (Å²) in [5.41, 5.74) is 3.05. The van der Waals surface area contributed by atoms with Crippen LogP contribution in [0.5, 0.6) is 0 Å². The quantitative estimate of drug-likeness (QED) is 0.706. The average Bonchev–Trinajstić information content (AvgIpc) is 2.23. The molecule has 1 radical (unpaired) electrons. The topological polar surface area (TPSA) is 47.0 Å². The number of rotatable bonds is 1. The first-order valence-electron chi connectivity index (χ1n) is 4.82. The number of morpholine rings is 1. The summed E-state index contributed by atoms with van der Waals surface area (Å²) in [4.78, 5) is 8.18. The smallest absolute Gasteiger partial charge is 0.198 e. The second-order valence-electron chi connectivity index (χ2n) is 3.48. The minimum absolute atomic E-state index is 0.0571. The maximum Gasteiger partial charge on any atom is 0.198 e. The van der Waals surface area contributed by atoms with Gasteiger partial charge in [0.1, 0.15) is 6.10 Å². The maximum atomic E-state index is 5.63. The summed E-state index contributed by atoms with van der Waals surface area (Å²) in [6.45, 7) is 6.48. The van der Waals surface area contributed by atoms with Crippen LogP contribution in [-0.2, 0) is 4.74 Å². The van der Waals surface area contributed by atoms with E-state index in [1.165, 1.54) is 0 Å². The Labute approximate surface area is 83.7 Å². The van der Waals surface area contributed by atoms with Gasteiger partial charge in [0.25, 0.3) is 0 Å². The minimum atomic E-state index is 0.0571. The van der Waals surface area contributed by atoms with Gasteiger partial charge in [0.2, 0.25) is 0 Å². The standard InChI is InChI=1S/C10H14N3O/c1-7-8(2)12-6-13-10(7)9-5-11-3-4-14-9/h9,11H,3-5H2,1-2H3. The normalized spacial score (nSPS) is 22.3. The van der Waals surface area contributed by atoms with E-state index in [1.807, 2.05) is 13.8 Å². The summed E-state index contributed by atoms with van der Waals surface area (Å²) in [5.74, 6) is 0. The van der Waals surface area contributed by atoms with Crippen LogP contribution in [0.1, 0.15) is 23.1 Å². The Morgan fingerprint density at radius 1 is 1.43 bits per heavy atom. The molecule has 1 aromatic rings. The van der Waals surface area contributed by atoms with Gasteiger partial charge in [-0.05, 0) is 19.4 Å². The Morgan fingerprint density at radius 3 is 3.00 bits per heavy atom. The van der Waals surface area contributed by atoms with Crippen molar-refractivity contribution in [2.24, 2.45) is 0 Å². The molecule has 0 aromatic carbocycles. The Hall–Kier alpha value is -1.00. The van der Waals surface area contributed by atoms with Gasteiger partial charge in [-0.15, -0.1) is 0 Å². The average molecular weight is 192 g/mol. The van der Waals surface area contributed by atoms with Gasteiger partial charge in [-0.3, -0.25) is 0 Å². The van der Waals surface area contributed by atoms with E-state index in [0.717, 1.165) is 36.6 Å².